The Morgan fingerprint density at radius 3 is 2.46 bits per heavy atom. The van der Waals surface area contributed by atoms with Crippen LogP contribution in [0, 0.1) is 13.8 Å². The summed E-state index contributed by atoms with van der Waals surface area (Å²) in [7, 11) is 0. The van der Waals surface area contributed by atoms with E-state index in [2.05, 4.69) is 10.4 Å². The van der Waals surface area contributed by atoms with Crippen molar-refractivity contribution in [3.8, 4) is 5.69 Å². The quantitative estimate of drug-likeness (QED) is 0.436. The van der Waals surface area contributed by atoms with Gasteiger partial charge in [-0.25, -0.2) is 4.68 Å². The first-order chi connectivity index (χ1) is 16.6. The number of likely N-dealkylation sites (tertiary alicyclic amines) is 1. The van der Waals surface area contributed by atoms with E-state index in [1.54, 1.807) is 11.0 Å². The van der Waals surface area contributed by atoms with Gasteiger partial charge in [-0.15, -0.1) is 0 Å². The van der Waals surface area contributed by atoms with E-state index >= 15 is 0 Å². The molecule has 0 radical (unpaired) electrons. The van der Waals surface area contributed by atoms with Crippen LogP contribution >= 0.6 is 0 Å². The Morgan fingerprint density at radius 2 is 1.83 bits per heavy atom. The molecule has 4 rings (SSSR count). The third-order valence-corrected chi connectivity index (χ3v) is 6.03. The van der Waals surface area contributed by atoms with Crippen LogP contribution in [0.2, 0.25) is 0 Å². The van der Waals surface area contributed by atoms with Crippen LogP contribution in [0.3, 0.4) is 0 Å². The maximum absolute atomic E-state index is 13.1. The van der Waals surface area contributed by atoms with Gasteiger partial charge in [0.1, 0.15) is 6.26 Å². The molecule has 184 valence electrons. The number of amides is 2. The Morgan fingerprint density at radius 1 is 1.11 bits per heavy atom. The number of nitrogens with zero attached hydrogens (tertiary/aromatic N) is 3. The summed E-state index contributed by atoms with van der Waals surface area (Å²) >= 11 is 0. The van der Waals surface area contributed by atoms with Crippen molar-refractivity contribution in [1.82, 2.24) is 20.0 Å². The van der Waals surface area contributed by atoms with E-state index in [0.717, 1.165) is 12.1 Å². The van der Waals surface area contributed by atoms with Crippen molar-refractivity contribution in [3.63, 3.8) is 0 Å². The van der Waals surface area contributed by atoms with Crippen molar-refractivity contribution in [3.05, 3.63) is 70.9 Å². The standard InChI is InChI=1S/C24H23F3N4O4/c1-14-20(15(2)31(29-14)19-5-3-4-17(12-19)24(25,26)27)21(32)22(33)28-18-6-9-30(10-7-18)23(34)16-8-11-35-13-16/h3-5,8,11-13,18H,6-7,9-10H2,1-2H3,(H,28,33). The molecule has 35 heavy (non-hydrogen) atoms. The van der Waals surface area contributed by atoms with Crippen LogP contribution in [-0.4, -0.2) is 51.4 Å². The van der Waals surface area contributed by atoms with Gasteiger partial charge in [0, 0.05) is 19.1 Å². The second-order valence-corrected chi connectivity index (χ2v) is 8.39. The number of Topliss-reactive ketones (excluding diaryl/α,β-unsaturated/α-hetero) is 1. The average molecular weight is 488 g/mol. The molecular weight excluding hydrogens is 465 g/mol. The predicted molar refractivity (Wildman–Crippen MR) is 118 cm³/mol. The maximum atomic E-state index is 13.1. The molecule has 1 saturated heterocycles. The van der Waals surface area contributed by atoms with Crippen LogP contribution < -0.4 is 5.32 Å². The zero-order valence-corrected chi connectivity index (χ0v) is 19.1. The first-order valence-corrected chi connectivity index (χ1v) is 11.0. The molecule has 8 nitrogen and oxygen atoms in total. The zero-order chi connectivity index (χ0) is 25.3. The van der Waals surface area contributed by atoms with Crippen LogP contribution in [0.4, 0.5) is 13.2 Å². The molecule has 3 heterocycles. The van der Waals surface area contributed by atoms with Gasteiger partial charge < -0.3 is 14.6 Å². The minimum Gasteiger partial charge on any atom is -0.472 e. The first kappa shape index (κ1) is 24.2. The molecule has 0 saturated carbocycles. The van der Waals surface area contributed by atoms with E-state index in [1.165, 1.54) is 43.2 Å². The highest BCUT2D eigenvalue weighted by Gasteiger charge is 2.32. The van der Waals surface area contributed by atoms with Crippen molar-refractivity contribution < 1.29 is 32.0 Å². The molecule has 1 aliphatic rings. The van der Waals surface area contributed by atoms with Gasteiger partial charge in [0.25, 0.3) is 17.6 Å². The van der Waals surface area contributed by atoms with Gasteiger partial charge in [-0.1, -0.05) is 6.07 Å². The molecule has 2 amide bonds. The van der Waals surface area contributed by atoms with Crippen molar-refractivity contribution in [2.75, 3.05) is 13.1 Å². The number of carbonyl (C=O) groups excluding carboxylic acids is 3. The van der Waals surface area contributed by atoms with Crippen molar-refractivity contribution in [1.29, 1.82) is 0 Å². The van der Waals surface area contributed by atoms with Gasteiger partial charge in [0.2, 0.25) is 0 Å². The second kappa shape index (κ2) is 9.40. The zero-order valence-electron chi connectivity index (χ0n) is 19.1. The molecule has 1 aliphatic heterocycles. The molecule has 0 bridgehead atoms. The Hall–Kier alpha value is -3.89. The first-order valence-electron chi connectivity index (χ1n) is 11.0. The fraction of sp³-hybridized carbons (Fsp3) is 0.333. The molecule has 0 spiro atoms. The van der Waals surface area contributed by atoms with Crippen LogP contribution in [0.15, 0.2) is 47.3 Å². The number of ketones is 1. The lowest BCUT2D eigenvalue weighted by Gasteiger charge is -2.32. The predicted octanol–water partition coefficient (Wildman–Crippen LogP) is 3.70. The molecule has 0 atom stereocenters. The van der Waals surface area contributed by atoms with Gasteiger partial charge in [-0.2, -0.15) is 18.3 Å². The van der Waals surface area contributed by atoms with Gasteiger partial charge in [-0.05, 0) is 51.0 Å². The van der Waals surface area contributed by atoms with Crippen molar-refractivity contribution >= 4 is 17.6 Å². The third-order valence-electron chi connectivity index (χ3n) is 6.03. The summed E-state index contributed by atoms with van der Waals surface area (Å²) in [6, 6.07) is 5.88. The Labute approximate surface area is 198 Å². The fourth-order valence-electron chi connectivity index (χ4n) is 4.20. The number of furan rings is 1. The Balaban J connectivity index is 1.43. The number of alkyl halides is 3. The summed E-state index contributed by atoms with van der Waals surface area (Å²) in [5.74, 6) is -1.79. The van der Waals surface area contributed by atoms with E-state index in [9.17, 15) is 27.6 Å². The number of halogens is 3. The summed E-state index contributed by atoms with van der Waals surface area (Å²) in [4.78, 5) is 39.7. The monoisotopic (exact) mass is 488 g/mol. The van der Waals surface area contributed by atoms with Crippen LogP contribution in [0.5, 0.6) is 0 Å². The number of benzene rings is 1. The summed E-state index contributed by atoms with van der Waals surface area (Å²) in [6.07, 6.45) is -0.776. The summed E-state index contributed by atoms with van der Waals surface area (Å²) in [6.45, 7) is 3.88. The molecule has 1 N–H and O–H groups in total. The lowest BCUT2D eigenvalue weighted by Crippen LogP contribution is -2.48. The second-order valence-electron chi connectivity index (χ2n) is 8.39. The number of hydrogen-bond acceptors (Lipinski definition) is 5. The third kappa shape index (κ3) is 4.98. The SMILES string of the molecule is Cc1nn(-c2cccc(C(F)(F)F)c2)c(C)c1C(=O)C(=O)NC1CCN(C(=O)c2ccoc2)CC1. The van der Waals surface area contributed by atoms with Crippen LogP contribution in [0.1, 0.15) is 50.5 Å². The summed E-state index contributed by atoms with van der Waals surface area (Å²) in [5, 5.41) is 6.92. The lowest BCUT2D eigenvalue weighted by molar-refractivity contribution is -0.137. The van der Waals surface area contributed by atoms with Gasteiger partial charge in [0.15, 0.2) is 0 Å². The average Bonchev–Trinajstić information content (AvgIpc) is 3.46. The minimum absolute atomic E-state index is 0.0486. The van der Waals surface area contributed by atoms with E-state index < -0.39 is 23.4 Å². The highest BCUT2D eigenvalue weighted by atomic mass is 19.4. The van der Waals surface area contributed by atoms with Crippen LogP contribution in [0.25, 0.3) is 5.69 Å². The molecule has 0 unspecified atom stereocenters. The molecule has 11 heteroatoms. The minimum atomic E-state index is -4.52. The number of hydrogen-bond donors (Lipinski definition) is 1. The van der Waals surface area contributed by atoms with Gasteiger partial charge in [0.05, 0.1) is 40.0 Å². The molecule has 2 aromatic heterocycles. The number of piperidine rings is 1. The molecule has 1 fully saturated rings. The lowest BCUT2D eigenvalue weighted by atomic mass is 10.0. The number of rotatable bonds is 5. The van der Waals surface area contributed by atoms with Crippen molar-refractivity contribution in [2.45, 2.75) is 38.9 Å². The summed E-state index contributed by atoms with van der Waals surface area (Å²) in [5.41, 5.74) is 0.294. The normalized spacial score (nSPS) is 14.7. The number of nitrogens with one attached hydrogen (secondary N) is 1. The summed E-state index contributed by atoms with van der Waals surface area (Å²) < 4.78 is 45.5. The number of aromatic nitrogens is 2. The highest BCUT2D eigenvalue weighted by molar-refractivity contribution is 6.43. The molecular formula is C24H23F3N4O4. The van der Waals surface area contributed by atoms with Gasteiger partial charge in [-0.3, -0.25) is 14.4 Å². The largest absolute Gasteiger partial charge is 0.472 e. The topological polar surface area (TPSA) is 97.4 Å². The molecule has 3 aromatic rings. The smallest absolute Gasteiger partial charge is 0.416 e. The van der Waals surface area contributed by atoms with Crippen molar-refractivity contribution in [2.24, 2.45) is 0 Å². The van der Waals surface area contributed by atoms with Gasteiger partial charge >= 0.3 is 6.18 Å². The van der Waals surface area contributed by atoms with E-state index in [0.29, 0.717) is 31.5 Å². The Bertz CT molecular complexity index is 1260. The molecule has 0 aliphatic carbocycles. The maximum Gasteiger partial charge on any atom is 0.416 e. The van der Waals surface area contributed by atoms with E-state index in [4.69, 9.17) is 4.42 Å². The molecule has 1 aromatic carbocycles. The highest BCUT2D eigenvalue weighted by Crippen LogP contribution is 2.31. The van der Waals surface area contributed by atoms with E-state index in [1.807, 2.05) is 0 Å². The number of aryl methyl sites for hydroxylation is 1. The van der Waals surface area contributed by atoms with Crippen LogP contribution in [-0.2, 0) is 11.0 Å². The van der Waals surface area contributed by atoms with E-state index in [-0.39, 0.29) is 34.6 Å². The number of carbonyl (C=O) groups is 3. The fourth-order valence-corrected chi connectivity index (χ4v) is 4.20. The Kier molecular flexibility index (Phi) is 6.51.